The highest BCUT2D eigenvalue weighted by atomic mass is 16.5. The summed E-state index contributed by atoms with van der Waals surface area (Å²) in [5, 5.41) is 9.46. The number of fused-ring (bicyclic) bond motifs is 1. The molecule has 5 heteroatoms. The number of ketones is 1. The van der Waals surface area contributed by atoms with Crippen LogP contribution in [-0.2, 0) is 16.0 Å². The third-order valence-corrected chi connectivity index (χ3v) is 5.09. The van der Waals surface area contributed by atoms with Crippen LogP contribution < -0.4 is 0 Å². The molecule has 2 saturated heterocycles. The summed E-state index contributed by atoms with van der Waals surface area (Å²) >= 11 is 0. The second-order valence-electron chi connectivity index (χ2n) is 6.45. The van der Waals surface area contributed by atoms with Gasteiger partial charge in [0.05, 0.1) is 18.9 Å². The van der Waals surface area contributed by atoms with Gasteiger partial charge in [0, 0.05) is 42.9 Å². The van der Waals surface area contributed by atoms with Gasteiger partial charge in [-0.05, 0) is 24.5 Å². The highest BCUT2D eigenvalue weighted by Gasteiger charge is 2.42. The summed E-state index contributed by atoms with van der Waals surface area (Å²) in [6.45, 7) is 3.45. The van der Waals surface area contributed by atoms with Gasteiger partial charge in [0.25, 0.3) is 0 Å². The van der Waals surface area contributed by atoms with Crippen molar-refractivity contribution < 1.29 is 9.53 Å². The normalized spacial score (nSPS) is 23.0. The Kier molecular flexibility index (Phi) is 3.02. The van der Waals surface area contributed by atoms with E-state index in [2.05, 4.69) is 16.0 Å². The molecule has 5 nitrogen and oxygen atoms in total. The van der Waals surface area contributed by atoms with Gasteiger partial charge in [-0.3, -0.25) is 9.78 Å². The van der Waals surface area contributed by atoms with E-state index in [0.29, 0.717) is 11.0 Å². The average molecular weight is 295 g/mol. The van der Waals surface area contributed by atoms with Crippen molar-refractivity contribution in [3.05, 3.63) is 35.2 Å². The fourth-order valence-corrected chi connectivity index (χ4v) is 3.65. The van der Waals surface area contributed by atoms with Crippen LogP contribution in [0, 0.1) is 16.7 Å². The number of ether oxygens (including phenoxy) is 1. The zero-order valence-corrected chi connectivity index (χ0v) is 12.3. The monoisotopic (exact) mass is 295 g/mol. The van der Waals surface area contributed by atoms with E-state index in [-0.39, 0.29) is 12.2 Å². The van der Waals surface area contributed by atoms with Crippen LogP contribution in [0.15, 0.2) is 24.0 Å². The van der Waals surface area contributed by atoms with Crippen LogP contribution >= 0.6 is 0 Å². The Hall–Kier alpha value is -2.19. The molecule has 0 amide bonds. The quantitative estimate of drug-likeness (QED) is 0.786. The van der Waals surface area contributed by atoms with E-state index < -0.39 is 0 Å². The molecule has 3 heterocycles. The molecule has 0 N–H and O–H groups in total. The molecule has 112 valence electrons. The molecule has 1 aliphatic carbocycles. The summed E-state index contributed by atoms with van der Waals surface area (Å²) in [5.41, 5.74) is 3.37. The minimum absolute atomic E-state index is 0.0923. The zero-order chi connectivity index (χ0) is 15.2. The third-order valence-electron chi connectivity index (χ3n) is 5.09. The van der Waals surface area contributed by atoms with Crippen molar-refractivity contribution in [2.24, 2.45) is 5.41 Å². The van der Waals surface area contributed by atoms with Gasteiger partial charge >= 0.3 is 0 Å². The first kappa shape index (κ1) is 13.5. The second-order valence-corrected chi connectivity index (χ2v) is 6.45. The predicted octanol–water partition coefficient (Wildman–Crippen LogP) is 1.55. The number of rotatable bonds is 1. The maximum Gasteiger partial charge on any atom is 0.179 e. The molecule has 4 rings (SSSR count). The van der Waals surface area contributed by atoms with E-state index in [0.717, 1.165) is 56.0 Å². The van der Waals surface area contributed by atoms with Crippen molar-refractivity contribution in [3.8, 4) is 6.07 Å². The van der Waals surface area contributed by atoms with Gasteiger partial charge in [-0.25, -0.2) is 0 Å². The largest absolute Gasteiger partial charge is 0.380 e. The molecule has 0 radical (unpaired) electrons. The van der Waals surface area contributed by atoms with Crippen molar-refractivity contribution in [2.75, 3.05) is 26.3 Å². The molecule has 2 aliphatic heterocycles. The predicted molar refractivity (Wildman–Crippen MR) is 79.5 cm³/mol. The molecule has 0 atom stereocenters. The molecule has 0 saturated carbocycles. The summed E-state index contributed by atoms with van der Waals surface area (Å²) in [5.74, 6) is -0.0923. The van der Waals surface area contributed by atoms with E-state index in [9.17, 15) is 10.1 Å². The van der Waals surface area contributed by atoms with Crippen molar-refractivity contribution in [2.45, 2.75) is 19.3 Å². The molecule has 0 unspecified atom stereocenters. The molecule has 1 aromatic rings. The SMILES string of the molecule is N#CC1=C(N2CCC3(CC2)COC3)c2ccncc2CC1=O. The maximum atomic E-state index is 12.3. The molecule has 0 aromatic carbocycles. The van der Waals surface area contributed by atoms with Crippen LogP contribution in [0.5, 0.6) is 0 Å². The molecule has 0 bridgehead atoms. The number of allylic oxidation sites excluding steroid dienone is 1. The third kappa shape index (κ3) is 1.95. The minimum Gasteiger partial charge on any atom is -0.380 e. The van der Waals surface area contributed by atoms with Gasteiger partial charge in [-0.1, -0.05) is 0 Å². The Labute approximate surface area is 129 Å². The molecule has 2 fully saturated rings. The number of nitrogens with zero attached hydrogens (tertiary/aromatic N) is 3. The van der Waals surface area contributed by atoms with Crippen molar-refractivity contribution in [1.29, 1.82) is 5.26 Å². The summed E-state index contributed by atoms with van der Waals surface area (Å²) in [4.78, 5) is 18.6. The van der Waals surface area contributed by atoms with Crippen LogP contribution in [0.1, 0.15) is 24.0 Å². The molecule has 3 aliphatic rings. The first-order chi connectivity index (χ1) is 10.7. The number of carbonyl (C=O) groups is 1. The highest BCUT2D eigenvalue weighted by molar-refractivity contribution is 6.09. The smallest absolute Gasteiger partial charge is 0.179 e. The summed E-state index contributed by atoms with van der Waals surface area (Å²) < 4.78 is 5.37. The number of pyridine rings is 1. The maximum absolute atomic E-state index is 12.3. The summed E-state index contributed by atoms with van der Waals surface area (Å²) in [6, 6.07) is 4.06. The summed E-state index contributed by atoms with van der Waals surface area (Å²) in [7, 11) is 0. The van der Waals surface area contributed by atoms with E-state index >= 15 is 0 Å². The Morgan fingerprint density at radius 1 is 1.32 bits per heavy atom. The van der Waals surface area contributed by atoms with Gasteiger partial charge in [0.2, 0.25) is 0 Å². The Morgan fingerprint density at radius 2 is 2.09 bits per heavy atom. The molecule has 1 spiro atoms. The van der Waals surface area contributed by atoms with Crippen molar-refractivity contribution in [3.63, 3.8) is 0 Å². The number of hydrogen-bond acceptors (Lipinski definition) is 5. The van der Waals surface area contributed by atoms with E-state index in [1.807, 2.05) is 6.07 Å². The van der Waals surface area contributed by atoms with Crippen molar-refractivity contribution >= 4 is 11.5 Å². The van der Waals surface area contributed by atoms with E-state index in [1.165, 1.54) is 0 Å². The van der Waals surface area contributed by atoms with Crippen LogP contribution in [0.25, 0.3) is 5.70 Å². The van der Waals surface area contributed by atoms with Crippen LogP contribution in [0.3, 0.4) is 0 Å². The topological polar surface area (TPSA) is 66.2 Å². The Bertz CT molecular complexity index is 703. The number of piperidine rings is 1. The Morgan fingerprint density at radius 3 is 2.73 bits per heavy atom. The van der Waals surface area contributed by atoms with Gasteiger partial charge < -0.3 is 9.64 Å². The van der Waals surface area contributed by atoms with Gasteiger partial charge in [0.15, 0.2) is 5.78 Å². The average Bonchev–Trinajstić information content (AvgIpc) is 2.52. The van der Waals surface area contributed by atoms with Gasteiger partial charge in [0.1, 0.15) is 11.6 Å². The summed E-state index contributed by atoms with van der Waals surface area (Å²) in [6.07, 6.45) is 5.87. The van der Waals surface area contributed by atoms with Gasteiger partial charge in [-0.2, -0.15) is 5.26 Å². The second kappa shape index (κ2) is 4.92. The van der Waals surface area contributed by atoms with Crippen LogP contribution in [0.4, 0.5) is 0 Å². The lowest BCUT2D eigenvalue weighted by Crippen LogP contribution is -2.50. The lowest BCUT2D eigenvalue weighted by Gasteiger charge is -2.48. The number of Topliss-reactive ketones (excluding diaryl/α,β-unsaturated/α-hetero) is 1. The van der Waals surface area contributed by atoms with Crippen molar-refractivity contribution in [1.82, 2.24) is 9.88 Å². The van der Waals surface area contributed by atoms with E-state index in [4.69, 9.17) is 4.74 Å². The Balaban J connectivity index is 1.71. The first-order valence-corrected chi connectivity index (χ1v) is 7.66. The number of carbonyl (C=O) groups excluding carboxylic acids is 1. The van der Waals surface area contributed by atoms with Gasteiger partial charge in [-0.15, -0.1) is 0 Å². The number of nitriles is 1. The minimum atomic E-state index is -0.0923. The zero-order valence-electron chi connectivity index (χ0n) is 12.3. The fourth-order valence-electron chi connectivity index (χ4n) is 3.65. The van der Waals surface area contributed by atoms with Crippen LogP contribution in [-0.4, -0.2) is 42.0 Å². The highest BCUT2D eigenvalue weighted by Crippen LogP contribution is 2.41. The number of aromatic nitrogens is 1. The number of hydrogen-bond donors (Lipinski definition) is 0. The fraction of sp³-hybridized carbons (Fsp3) is 0.471. The molecule has 1 aromatic heterocycles. The lowest BCUT2D eigenvalue weighted by atomic mass is 9.76. The van der Waals surface area contributed by atoms with Crippen LogP contribution in [0.2, 0.25) is 0 Å². The lowest BCUT2D eigenvalue weighted by molar-refractivity contribution is -0.135. The standard InChI is InChI=1S/C17H17N3O2/c18-8-14-15(21)7-12-9-19-4-1-13(12)16(14)20-5-2-17(3-6-20)10-22-11-17/h1,4,9H,2-3,5-7,10-11H2. The van der Waals surface area contributed by atoms with E-state index in [1.54, 1.807) is 12.4 Å². The molecular formula is C17H17N3O2. The first-order valence-electron chi connectivity index (χ1n) is 7.66. The molecule has 22 heavy (non-hydrogen) atoms. The number of likely N-dealkylation sites (tertiary alicyclic amines) is 1. The molecular weight excluding hydrogens is 278 g/mol.